The molecule has 2 rings (SSSR count). The molecule has 2 nitrogen and oxygen atoms in total. The van der Waals surface area contributed by atoms with E-state index < -0.39 is 5.60 Å². The van der Waals surface area contributed by atoms with Crippen molar-refractivity contribution < 1.29 is 5.11 Å². The largest absolute Gasteiger partial charge is 0.389 e. The molecule has 0 aromatic rings. The maximum absolute atomic E-state index is 10.0. The van der Waals surface area contributed by atoms with E-state index in [4.69, 9.17) is 5.73 Å². The minimum Gasteiger partial charge on any atom is -0.389 e. The van der Waals surface area contributed by atoms with E-state index in [0.717, 1.165) is 11.8 Å². The second kappa shape index (κ2) is 3.76. The van der Waals surface area contributed by atoms with Crippen molar-refractivity contribution in [3.63, 3.8) is 0 Å². The van der Waals surface area contributed by atoms with Gasteiger partial charge in [-0.1, -0.05) is 6.42 Å². The van der Waals surface area contributed by atoms with E-state index in [1.54, 1.807) is 0 Å². The molecule has 2 bridgehead atoms. The van der Waals surface area contributed by atoms with Gasteiger partial charge in [0.1, 0.15) is 0 Å². The number of hydrogen-bond acceptors (Lipinski definition) is 2. The zero-order valence-corrected chi connectivity index (χ0v) is 9.02. The fourth-order valence-electron chi connectivity index (χ4n) is 3.16. The fraction of sp³-hybridized carbons (Fsp3) is 1.00. The highest BCUT2D eigenvalue weighted by atomic mass is 35.5. The normalized spacial score (nSPS) is 41.3. The van der Waals surface area contributed by atoms with Crippen molar-refractivity contribution in [1.82, 2.24) is 0 Å². The standard InChI is InChI=1S/C10H19NO.ClH/c1-10(12,6-11)9-5-7-2-3-8(9)4-7;/h7-9,12H,2-6,11H2,1H3;1H. The third-order valence-corrected chi connectivity index (χ3v) is 3.95. The molecular formula is C10H20ClNO. The lowest BCUT2D eigenvalue weighted by molar-refractivity contribution is -0.0162. The summed E-state index contributed by atoms with van der Waals surface area (Å²) in [6, 6.07) is 0. The van der Waals surface area contributed by atoms with E-state index >= 15 is 0 Å². The number of hydrogen-bond donors (Lipinski definition) is 2. The van der Waals surface area contributed by atoms with Gasteiger partial charge in [0.2, 0.25) is 0 Å². The van der Waals surface area contributed by atoms with Gasteiger partial charge in [-0.2, -0.15) is 0 Å². The Balaban J connectivity index is 0.000000845. The zero-order valence-electron chi connectivity index (χ0n) is 8.20. The lowest BCUT2D eigenvalue weighted by atomic mass is 9.77. The Labute approximate surface area is 86.3 Å². The van der Waals surface area contributed by atoms with Crippen molar-refractivity contribution in [3.05, 3.63) is 0 Å². The van der Waals surface area contributed by atoms with Crippen LogP contribution in [-0.4, -0.2) is 17.3 Å². The van der Waals surface area contributed by atoms with Gasteiger partial charge >= 0.3 is 0 Å². The number of rotatable bonds is 2. The maximum Gasteiger partial charge on any atom is 0.0772 e. The first-order chi connectivity index (χ1) is 5.63. The van der Waals surface area contributed by atoms with E-state index in [1.807, 2.05) is 6.92 Å². The van der Waals surface area contributed by atoms with Crippen LogP contribution >= 0.6 is 12.4 Å². The highest BCUT2D eigenvalue weighted by Crippen LogP contribution is 2.51. The molecule has 0 radical (unpaired) electrons. The van der Waals surface area contributed by atoms with E-state index in [2.05, 4.69) is 0 Å². The Hall–Kier alpha value is 0.210. The molecule has 2 saturated carbocycles. The summed E-state index contributed by atoms with van der Waals surface area (Å²) >= 11 is 0. The predicted octanol–water partition coefficient (Wildman–Crippen LogP) is 1.55. The van der Waals surface area contributed by atoms with Crippen LogP contribution in [0.15, 0.2) is 0 Å². The van der Waals surface area contributed by atoms with Gasteiger partial charge in [-0.15, -0.1) is 12.4 Å². The third-order valence-electron chi connectivity index (χ3n) is 3.95. The van der Waals surface area contributed by atoms with Gasteiger partial charge in [-0.25, -0.2) is 0 Å². The van der Waals surface area contributed by atoms with Gasteiger partial charge in [0, 0.05) is 6.54 Å². The Bertz CT molecular complexity index is 184. The lowest BCUT2D eigenvalue weighted by Gasteiger charge is -2.34. The molecule has 0 amide bonds. The van der Waals surface area contributed by atoms with Crippen molar-refractivity contribution in [2.45, 2.75) is 38.2 Å². The molecule has 4 atom stereocenters. The van der Waals surface area contributed by atoms with Crippen LogP contribution in [0.25, 0.3) is 0 Å². The van der Waals surface area contributed by atoms with Crippen LogP contribution in [0.3, 0.4) is 0 Å². The van der Waals surface area contributed by atoms with Crippen molar-refractivity contribution >= 4 is 12.4 Å². The second-order valence-corrected chi connectivity index (χ2v) is 4.84. The Kier molecular flexibility index (Phi) is 3.26. The Morgan fingerprint density at radius 1 is 1.38 bits per heavy atom. The summed E-state index contributed by atoms with van der Waals surface area (Å²) in [5, 5.41) is 10.0. The van der Waals surface area contributed by atoms with Gasteiger partial charge in [0.05, 0.1) is 5.60 Å². The number of halogens is 1. The van der Waals surface area contributed by atoms with E-state index in [9.17, 15) is 5.11 Å². The molecule has 0 aromatic heterocycles. The van der Waals surface area contributed by atoms with E-state index in [-0.39, 0.29) is 12.4 Å². The van der Waals surface area contributed by atoms with E-state index in [0.29, 0.717) is 12.5 Å². The summed E-state index contributed by atoms with van der Waals surface area (Å²) in [6.07, 6.45) is 5.28. The molecule has 13 heavy (non-hydrogen) atoms. The molecule has 2 aliphatic carbocycles. The molecule has 4 unspecified atom stereocenters. The van der Waals surface area contributed by atoms with Gasteiger partial charge in [0.15, 0.2) is 0 Å². The van der Waals surface area contributed by atoms with Crippen LogP contribution in [-0.2, 0) is 0 Å². The summed E-state index contributed by atoms with van der Waals surface area (Å²) in [7, 11) is 0. The topological polar surface area (TPSA) is 46.2 Å². The lowest BCUT2D eigenvalue weighted by Crippen LogP contribution is -2.44. The van der Waals surface area contributed by atoms with Crippen LogP contribution in [0.2, 0.25) is 0 Å². The molecule has 0 aliphatic heterocycles. The maximum atomic E-state index is 10.0. The van der Waals surface area contributed by atoms with Crippen molar-refractivity contribution in [1.29, 1.82) is 0 Å². The summed E-state index contributed by atoms with van der Waals surface area (Å²) in [5.41, 5.74) is 4.97. The van der Waals surface area contributed by atoms with E-state index in [1.165, 1.54) is 25.7 Å². The predicted molar refractivity (Wildman–Crippen MR) is 55.9 cm³/mol. The molecule has 2 aliphatic rings. The average Bonchev–Trinajstić information content (AvgIpc) is 2.64. The molecule has 0 aromatic carbocycles. The second-order valence-electron chi connectivity index (χ2n) is 4.84. The molecule has 3 heteroatoms. The molecular weight excluding hydrogens is 186 g/mol. The first kappa shape index (κ1) is 11.3. The van der Waals surface area contributed by atoms with Crippen LogP contribution in [0.1, 0.15) is 32.6 Å². The van der Waals surface area contributed by atoms with Crippen LogP contribution < -0.4 is 5.73 Å². The highest BCUT2D eigenvalue weighted by Gasteiger charge is 2.46. The minimum atomic E-state index is -0.597. The quantitative estimate of drug-likeness (QED) is 0.719. The molecule has 3 N–H and O–H groups in total. The van der Waals surface area contributed by atoms with Gasteiger partial charge < -0.3 is 10.8 Å². The van der Waals surface area contributed by atoms with Crippen molar-refractivity contribution in [3.8, 4) is 0 Å². The van der Waals surface area contributed by atoms with Gasteiger partial charge in [-0.3, -0.25) is 0 Å². The van der Waals surface area contributed by atoms with Crippen molar-refractivity contribution in [2.75, 3.05) is 6.54 Å². The zero-order chi connectivity index (χ0) is 8.77. The smallest absolute Gasteiger partial charge is 0.0772 e. The first-order valence-corrected chi connectivity index (χ1v) is 5.06. The molecule has 2 fully saturated rings. The summed E-state index contributed by atoms with van der Waals surface area (Å²) < 4.78 is 0. The molecule has 0 heterocycles. The third kappa shape index (κ3) is 1.85. The minimum absolute atomic E-state index is 0. The summed E-state index contributed by atoms with van der Waals surface area (Å²) in [4.78, 5) is 0. The SMILES string of the molecule is CC(O)(CN)C1CC2CCC1C2.Cl. The molecule has 78 valence electrons. The Morgan fingerprint density at radius 3 is 2.46 bits per heavy atom. The first-order valence-electron chi connectivity index (χ1n) is 5.06. The number of aliphatic hydroxyl groups is 1. The van der Waals surface area contributed by atoms with Gasteiger partial charge in [0.25, 0.3) is 0 Å². The monoisotopic (exact) mass is 205 g/mol. The number of nitrogens with two attached hydrogens (primary N) is 1. The number of fused-ring (bicyclic) bond motifs is 2. The molecule has 0 saturated heterocycles. The molecule has 0 spiro atoms. The van der Waals surface area contributed by atoms with Crippen LogP contribution in [0.5, 0.6) is 0 Å². The summed E-state index contributed by atoms with van der Waals surface area (Å²) in [5.74, 6) is 2.16. The van der Waals surface area contributed by atoms with Gasteiger partial charge in [-0.05, 0) is 43.9 Å². The van der Waals surface area contributed by atoms with Crippen LogP contribution in [0.4, 0.5) is 0 Å². The Morgan fingerprint density at radius 2 is 2.08 bits per heavy atom. The van der Waals surface area contributed by atoms with Crippen LogP contribution in [0, 0.1) is 17.8 Å². The average molecular weight is 206 g/mol. The highest BCUT2D eigenvalue weighted by molar-refractivity contribution is 5.85. The summed E-state index contributed by atoms with van der Waals surface area (Å²) in [6.45, 7) is 2.32. The van der Waals surface area contributed by atoms with Crippen molar-refractivity contribution in [2.24, 2.45) is 23.5 Å². The fourth-order valence-corrected chi connectivity index (χ4v) is 3.16.